The first-order valence-electron chi connectivity index (χ1n) is 9.91. The quantitative estimate of drug-likeness (QED) is 0.321. The maximum Gasteiger partial charge on any atom is 0.351 e. The molecule has 0 spiro atoms. The van der Waals surface area contributed by atoms with Gasteiger partial charge >= 0.3 is 23.6 Å². The van der Waals surface area contributed by atoms with E-state index >= 15 is 0 Å². The van der Waals surface area contributed by atoms with Gasteiger partial charge in [-0.15, -0.1) is 0 Å². The molecule has 1 unspecified atom stereocenters. The molecule has 0 aliphatic carbocycles. The summed E-state index contributed by atoms with van der Waals surface area (Å²) in [7, 11) is 0. The van der Waals surface area contributed by atoms with Crippen LogP contribution < -0.4 is 11.2 Å². The molecule has 0 aromatic carbocycles. The zero-order valence-corrected chi connectivity index (χ0v) is 16.8. The number of nitrogens with one attached hydrogen (secondary N) is 1. The Kier molecular flexibility index (Phi) is 7.74. The molecule has 4 atom stereocenters. The van der Waals surface area contributed by atoms with Crippen LogP contribution in [0, 0.1) is 0 Å². The lowest BCUT2D eigenvalue weighted by molar-refractivity contribution is -0.169. The molecule has 0 saturated carbocycles. The van der Waals surface area contributed by atoms with E-state index in [0.29, 0.717) is 0 Å². The highest BCUT2D eigenvalue weighted by atomic mass is 16.7. The fourth-order valence-corrected chi connectivity index (χ4v) is 2.57. The van der Waals surface area contributed by atoms with Crippen LogP contribution >= 0.6 is 0 Å². The summed E-state index contributed by atoms with van der Waals surface area (Å²) in [5, 5.41) is 8.92. The van der Waals surface area contributed by atoms with E-state index < -0.39 is 54.7 Å². The number of nitrogens with zero attached hydrogens (tertiary/aromatic N) is 2. The van der Waals surface area contributed by atoms with Crippen LogP contribution in [0.2, 0.25) is 0 Å². The molecular weight excluding hydrogens is 402 g/mol. The van der Waals surface area contributed by atoms with Gasteiger partial charge in [0.1, 0.15) is 12.7 Å². The van der Waals surface area contributed by atoms with Gasteiger partial charge in [0.05, 0.1) is 1.37 Å². The number of ether oxygens (including phenoxy) is 4. The largest absolute Gasteiger partial charge is 0.463 e. The number of rotatable bonds is 9. The van der Waals surface area contributed by atoms with Gasteiger partial charge in [0, 0.05) is 25.5 Å². The number of anilines is 1. The van der Waals surface area contributed by atoms with Gasteiger partial charge in [0.2, 0.25) is 0 Å². The second-order valence-corrected chi connectivity index (χ2v) is 6.16. The summed E-state index contributed by atoms with van der Waals surface area (Å²) in [5.41, 5.74) is 0.816. The van der Waals surface area contributed by atoms with Crippen LogP contribution in [0.4, 0.5) is 5.82 Å². The van der Waals surface area contributed by atoms with Crippen molar-refractivity contribution >= 4 is 23.7 Å². The molecule has 2 N–H and O–H groups in total. The normalized spacial score (nSPS) is 25.9. The third kappa shape index (κ3) is 5.54. The lowest BCUT2D eigenvalue weighted by atomic mass is 10.1. The molecule has 12 heteroatoms. The van der Waals surface area contributed by atoms with E-state index in [4.69, 9.17) is 25.5 Å². The Morgan fingerprint density at radius 1 is 1.20 bits per heavy atom. The average Bonchev–Trinajstić information content (AvgIpc) is 3.02. The highest BCUT2D eigenvalue weighted by molar-refractivity contribution is 5.70. The molecule has 2 rings (SSSR count). The van der Waals surface area contributed by atoms with Gasteiger partial charge in [-0.2, -0.15) is 4.98 Å². The first kappa shape index (κ1) is 21.7. The molecule has 1 aliphatic rings. The number of hydrogen-bond donors (Lipinski definition) is 2. The zero-order valence-electron chi connectivity index (χ0n) is 17.8. The zero-order chi connectivity index (χ0) is 23.2. The Labute approximate surface area is 173 Å². The predicted octanol–water partition coefficient (Wildman–Crippen LogP) is 0.539. The lowest BCUT2D eigenvalue weighted by Crippen LogP contribution is -2.42. The van der Waals surface area contributed by atoms with Crippen molar-refractivity contribution < 1.29 is 39.9 Å². The van der Waals surface area contributed by atoms with Gasteiger partial charge in [0.15, 0.2) is 24.2 Å². The highest BCUT2D eigenvalue weighted by Gasteiger charge is 2.51. The summed E-state index contributed by atoms with van der Waals surface area (Å²) in [4.78, 5) is 51.7. The van der Waals surface area contributed by atoms with E-state index in [-0.39, 0.29) is 25.1 Å². The minimum absolute atomic E-state index is 0.0585. The van der Waals surface area contributed by atoms with E-state index in [1.807, 2.05) is 0 Å². The molecule has 1 aromatic rings. The van der Waals surface area contributed by atoms with Gasteiger partial charge < -0.3 is 18.9 Å². The molecule has 1 saturated heterocycles. The number of hydrogen-bond acceptors (Lipinski definition) is 11. The molecule has 0 radical (unpaired) electrons. The van der Waals surface area contributed by atoms with Crippen molar-refractivity contribution in [3.63, 3.8) is 0 Å². The molecule has 2 heterocycles. The van der Waals surface area contributed by atoms with Crippen molar-refractivity contribution in [1.82, 2.24) is 9.55 Å². The fourth-order valence-electron chi connectivity index (χ4n) is 2.57. The fraction of sp³-hybridized carbons (Fsp3) is 0.611. The number of esters is 3. The summed E-state index contributed by atoms with van der Waals surface area (Å²) in [6.07, 6.45) is -5.58. The third-order valence-electron chi connectivity index (χ3n) is 4.13. The molecule has 1 aliphatic heterocycles. The predicted molar refractivity (Wildman–Crippen MR) is 99.4 cm³/mol. The van der Waals surface area contributed by atoms with Gasteiger partial charge in [-0.05, 0) is 6.07 Å². The molecule has 166 valence electrons. The van der Waals surface area contributed by atoms with Crippen LogP contribution in [0.5, 0.6) is 0 Å². The molecule has 1 aromatic heterocycles. The van der Waals surface area contributed by atoms with E-state index in [9.17, 15) is 19.2 Å². The van der Waals surface area contributed by atoms with E-state index in [2.05, 4.69) is 4.98 Å². The Bertz CT molecular complexity index is 877. The monoisotopic (exact) mass is 428 g/mol. The minimum Gasteiger partial charge on any atom is -0.463 e. The summed E-state index contributed by atoms with van der Waals surface area (Å²) < 4.78 is 31.1. The number of carbonyl (C=O) groups is 3. The van der Waals surface area contributed by atoms with Crippen molar-refractivity contribution in [2.75, 3.05) is 12.1 Å². The van der Waals surface area contributed by atoms with Crippen molar-refractivity contribution in [3.05, 3.63) is 22.7 Å². The van der Waals surface area contributed by atoms with Crippen LogP contribution in [0.3, 0.4) is 0 Å². The summed E-state index contributed by atoms with van der Waals surface area (Å²) in [6, 6.07) is 1.23. The molecule has 0 amide bonds. The minimum atomic E-state index is -2.32. The average molecular weight is 428 g/mol. The Hall–Kier alpha value is -2.99. The first-order valence-corrected chi connectivity index (χ1v) is 9.41. The Balaban J connectivity index is 2.51. The molecule has 1 fully saturated rings. The number of aromatic nitrogens is 2. The Morgan fingerprint density at radius 2 is 1.83 bits per heavy atom. The van der Waals surface area contributed by atoms with Crippen molar-refractivity contribution in [2.45, 2.75) is 64.5 Å². The van der Waals surface area contributed by atoms with Crippen molar-refractivity contribution in [2.24, 2.45) is 0 Å². The lowest BCUT2D eigenvalue weighted by Gasteiger charge is -2.24. The topological polar surface area (TPSA) is 155 Å². The summed E-state index contributed by atoms with van der Waals surface area (Å²) >= 11 is 0. The maximum atomic E-state index is 12.4. The molecular formula is C18H25N3O9. The van der Waals surface area contributed by atoms with Gasteiger partial charge in [-0.25, -0.2) is 4.79 Å². The van der Waals surface area contributed by atoms with E-state index in [1.165, 1.54) is 26.1 Å². The summed E-state index contributed by atoms with van der Waals surface area (Å²) in [6.45, 7) is 4.11. The molecule has 12 nitrogen and oxygen atoms in total. The van der Waals surface area contributed by atoms with Crippen LogP contribution in [0.1, 0.15) is 47.6 Å². The maximum absolute atomic E-state index is 12.4. The van der Waals surface area contributed by atoms with Crippen LogP contribution in [0.25, 0.3) is 0 Å². The number of carbonyl (C=O) groups excluding carboxylic acids is 3. The van der Waals surface area contributed by atoms with Crippen LogP contribution in [-0.2, 0) is 33.3 Å². The van der Waals surface area contributed by atoms with Gasteiger partial charge in [-0.1, -0.05) is 20.8 Å². The second-order valence-electron chi connectivity index (χ2n) is 6.16. The van der Waals surface area contributed by atoms with Crippen molar-refractivity contribution in [3.8, 4) is 0 Å². The van der Waals surface area contributed by atoms with E-state index in [1.54, 1.807) is 12.4 Å². The smallest absolute Gasteiger partial charge is 0.351 e. The standard InChI is InChI=1S/C18H25N3O9/c1-4-12(22)27-9-10-15(29-13(23)5-2)16(30-14(24)6-3)17(28-10)21-8-7-11(20-26)19-18(21)25/h7-8,10,15-17,26H,4-6,9H2,1-3H3,(H,19,20,25)/t10-,15-,16?,17-/m1/s1/i15D. The SMILES string of the molecule is [2H][C@]1(OC(=O)CC)C(OC(=O)CC)[C@H](n2ccc(NO)nc2=O)O[C@@H]1COC(=O)CC. The van der Waals surface area contributed by atoms with E-state index in [0.717, 1.165) is 4.57 Å². The van der Waals surface area contributed by atoms with Crippen molar-refractivity contribution in [1.29, 1.82) is 0 Å². The highest BCUT2D eigenvalue weighted by Crippen LogP contribution is 2.34. The molecule has 30 heavy (non-hydrogen) atoms. The van der Waals surface area contributed by atoms with Gasteiger partial charge in [0.25, 0.3) is 0 Å². The third-order valence-corrected chi connectivity index (χ3v) is 4.13. The van der Waals surface area contributed by atoms with Crippen LogP contribution in [0.15, 0.2) is 17.1 Å². The first-order chi connectivity index (χ1) is 14.7. The second kappa shape index (κ2) is 10.7. The molecule has 0 bridgehead atoms. The van der Waals surface area contributed by atoms with Gasteiger partial charge in [-0.3, -0.25) is 29.6 Å². The van der Waals surface area contributed by atoms with Crippen LogP contribution in [-0.4, -0.2) is 57.6 Å². The summed E-state index contributed by atoms with van der Waals surface area (Å²) in [5.74, 6) is -2.25. The Morgan fingerprint density at radius 3 is 2.40 bits per heavy atom.